The number of halogens is 2. The van der Waals surface area contributed by atoms with Crippen LogP contribution in [0.5, 0.6) is 5.75 Å². The standard InChI is InChI=1S/C20H24BrClN2O9/c1-7-16(28)15(24-8(2)26)18(17(29)11(27)6-25)33-20(7,19(30)31)32-12-5-23-10-4-3-9(21)14(22)13(10)12/h3-5,7,11,15-18,23,25,27-29H,6H2,1-2H3,(H,24,26)(H,30,31)/t7-,11-,15+,16+,17+,18+,20+/m0/s1. The van der Waals surface area contributed by atoms with Gasteiger partial charge in [0.1, 0.15) is 18.3 Å². The number of H-pyrrole nitrogens is 1. The molecule has 2 heterocycles. The highest BCUT2D eigenvalue weighted by Gasteiger charge is 2.61. The monoisotopic (exact) mass is 550 g/mol. The third-order valence-electron chi connectivity index (χ3n) is 5.69. The van der Waals surface area contributed by atoms with Crippen molar-refractivity contribution in [3.63, 3.8) is 0 Å². The predicted molar refractivity (Wildman–Crippen MR) is 119 cm³/mol. The van der Waals surface area contributed by atoms with Gasteiger partial charge in [0.05, 0.1) is 40.6 Å². The number of carbonyl (C=O) groups excluding carboxylic acids is 1. The summed E-state index contributed by atoms with van der Waals surface area (Å²) in [6.07, 6.45) is -5.51. The number of aliphatic hydroxyl groups is 4. The van der Waals surface area contributed by atoms with Crippen LogP contribution in [0.1, 0.15) is 13.8 Å². The number of carbonyl (C=O) groups is 2. The number of aromatic nitrogens is 1. The first-order valence-electron chi connectivity index (χ1n) is 9.92. The highest BCUT2D eigenvalue weighted by molar-refractivity contribution is 9.10. The summed E-state index contributed by atoms with van der Waals surface area (Å²) in [5.41, 5.74) is 0.533. The third kappa shape index (κ3) is 4.56. The van der Waals surface area contributed by atoms with E-state index in [1.807, 2.05) is 0 Å². The molecule has 1 aliphatic rings. The number of carboxylic acids is 1. The van der Waals surface area contributed by atoms with Crippen LogP contribution < -0.4 is 10.1 Å². The summed E-state index contributed by atoms with van der Waals surface area (Å²) in [4.78, 5) is 27.1. The maximum absolute atomic E-state index is 12.5. The van der Waals surface area contributed by atoms with E-state index in [-0.39, 0.29) is 10.8 Å². The van der Waals surface area contributed by atoms with Gasteiger partial charge in [-0.25, -0.2) is 4.79 Å². The van der Waals surface area contributed by atoms with Crippen LogP contribution in [-0.2, 0) is 14.3 Å². The number of carboxylic acid groups (broad SMARTS) is 1. The van der Waals surface area contributed by atoms with Gasteiger partial charge in [0, 0.05) is 17.6 Å². The molecule has 33 heavy (non-hydrogen) atoms. The van der Waals surface area contributed by atoms with Crippen LogP contribution in [0.3, 0.4) is 0 Å². The number of aromatic amines is 1. The largest absolute Gasteiger partial charge is 0.476 e. The van der Waals surface area contributed by atoms with E-state index in [4.69, 9.17) is 21.1 Å². The van der Waals surface area contributed by atoms with Crippen LogP contribution in [0.25, 0.3) is 10.9 Å². The molecule has 182 valence electrons. The molecule has 1 fully saturated rings. The van der Waals surface area contributed by atoms with Gasteiger partial charge in [-0.2, -0.15) is 0 Å². The van der Waals surface area contributed by atoms with Gasteiger partial charge in [-0.1, -0.05) is 18.5 Å². The second-order valence-electron chi connectivity index (χ2n) is 7.84. The zero-order chi connectivity index (χ0) is 24.7. The SMILES string of the molecule is CC(=O)N[C@@H]1[C@H](O)[C@H](C)[C@](Oc2c[nH]c3ccc(Br)c(Cl)c23)(C(=O)O)O[C@H]1[C@H](O)[C@@H](O)CO. The van der Waals surface area contributed by atoms with Crippen LogP contribution in [-0.4, -0.2) is 85.2 Å². The van der Waals surface area contributed by atoms with Gasteiger partial charge in [0.15, 0.2) is 5.75 Å². The Kier molecular flexibility index (Phi) is 7.58. The topological polar surface area (TPSA) is 182 Å². The number of fused-ring (bicyclic) bond motifs is 1. The summed E-state index contributed by atoms with van der Waals surface area (Å²) in [6.45, 7) is 1.61. The summed E-state index contributed by atoms with van der Waals surface area (Å²) in [7, 11) is 0. The Hall–Kier alpha value is -1.93. The van der Waals surface area contributed by atoms with Crippen LogP contribution in [0.15, 0.2) is 22.8 Å². The molecule has 0 unspecified atom stereocenters. The smallest absolute Gasteiger partial charge is 0.377 e. The maximum atomic E-state index is 12.5. The molecule has 7 N–H and O–H groups in total. The van der Waals surface area contributed by atoms with Crippen LogP contribution in [0, 0.1) is 5.92 Å². The highest BCUT2D eigenvalue weighted by Crippen LogP contribution is 2.43. The average Bonchev–Trinajstić information content (AvgIpc) is 3.17. The second kappa shape index (κ2) is 9.74. The van der Waals surface area contributed by atoms with Gasteiger partial charge in [0.25, 0.3) is 0 Å². The molecule has 1 amide bonds. The van der Waals surface area contributed by atoms with E-state index in [0.717, 1.165) is 6.92 Å². The van der Waals surface area contributed by atoms with Crippen LogP contribution in [0.2, 0.25) is 5.02 Å². The molecule has 1 saturated heterocycles. The van der Waals surface area contributed by atoms with Gasteiger partial charge >= 0.3 is 11.8 Å². The number of benzene rings is 1. The number of hydrogen-bond acceptors (Lipinski definition) is 8. The van der Waals surface area contributed by atoms with E-state index >= 15 is 0 Å². The molecule has 0 saturated carbocycles. The van der Waals surface area contributed by atoms with E-state index in [2.05, 4.69) is 26.2 Å². The molecule has 3 rings (SSSR count). The lowest BCUT2D eigenvalue weighted by atomic mass is 9.81. The van der Waals surface area contributed by atoms with Gasteiger partial charge in [-0.05, 0) is 28.1 Å². The lowest BCUT2D eigenvalue weighted by molar-refractivity contribution is -0.306. The number of ether oxygens (including phenoxy) is 2. The van der Waals surface area contributed by atoms with Crippen molar-refractivity contribution in [1.29, 1.82) is 0 Å². The summed E-state index contributed by atoms with van der Waals surface area (Å²) >= 11 is 9.66. The maximum Gasteiger partial charge on any atom is 0.377 e. The minimum Gasteiger partial charge on any atom is -0.476 e. The van der Waals surface area contributed by atoms with E-state index < -0.39 is 60.6 Å². The fraction of sp³-hybridized carbons (Fsp3) is 0.500. The molecule has 0 bridgehead atoms. The minimum absolute atomic E-state index is 0.00771. The molecule has 0 radical (unpaired) electrons. The molecule has 1 aromatic carbocycles. The molecule has 1 aromatic heterocycles. The van der Waals surface area contributed by atoms with Crippen LogP contribution >= 0.6 is 27.5 Å². The molecule has 2 aromatic rings. The predicted octanol–water partition coefficient (Wildman–Crippen LogP) is 0.358. The zero-order valence-corrected chi connectivity index (χ0v) is 19.9. The van der Waals surface area contributed by atoms with Crippen LogP contribution in [0.4, 0.5) is 0 Å². The Morgan fingerprint density at radius 3 is 2.64 bits per heavy atom. The third-order valence-corrected chi connectivity index (χ3v) is 6.97. The van der Waals surface area contributed by atoms with Crippen molar-refractivity contribution in [2.75, 3.05) is 6.61 Å². The first-order valence-corrected chi connectivity index (χ1v) is 11.1. The zero-order valence-electron chi connectivity index (χ0n) is 17.5. The van der Waals surface area contributed by atoms with E-state index in [0.29, 0.717) is 15.4 Å². The van der Waals surface area contributed by atoms with Crippen molar-refractivity contribution in [1.82, 2.24) is 10.3 Å². The Labute approximate surface area is 201 Å². The molecule has 7 atom stereocenters. The van der Waals surface area contributed by atoms with Crippen molar-refractivity contribution < 1.29 is 44.6 Å². The number of hydrogen-bond donors (Lipinski definition) is 7. The lowest BCUT2D eigenvalue weighted by Gasteiger charge is -2.49. The number of amides is 1. The first kappa shape index (κ1) is 25.7. The van der Waals surface area contributed by atoms with E-state index in [1.165, 1.54) is 13.1 Å². The summed E-state index contributed by atoms with van der Waals surface area (Å²) in [6, 6.07) is 2.05. The second-order valence-corrected chi connectivity index (χ2v) is 9.07. The molecular formula is C20H24BrClN2O9. The molecule has 0 spiro atoms. The Morgan fingerprint density at radius 2 is 2.06 bits per heavy atom. The first-order chi connectivity index (χ1) is 15.4. The Bertz CT molecular complexity index is 1050. The summed E-state index contributed by atoms with van der Waals surface area (Å²) < 4.78 is 12.1. The fourth-order valence-electron chi connectivity index (χ4n) is 3.90. The molecule has 0 aliphatic carbocycles. The molecule has 13 heteroatoms. The normalized spacial score (nSPS) is 29.5. The van der Waals surface area contributed by atoms with Crippen molar-refractivity contribution in [2.45, 2.75) is 50.1 Å². The van der Waals surface area contributed by atoms with Crippen molar-refractivity contribution in [3.05, 3.63) is 27.8 Å². The van der Waals surface area contributed by atoms with E-state index in [1.54, 1.807) is 12.1 Å². The lowest BCUT2D eigenvalue weighted by Crippen LogP contribution is -2.72. The number of aliphatic carboxylic acids is 1. The fourth-order valence-corrected chi connectivity index (χ4v) is 4.49. The Balaban J connectivity index is 2.11. The number of rotatable bonds is 7. The highest BCUT2D eigenvalue weighted by atomic mass is 79.9. The Morgan fingerprint density at radius 1 is 1.39 bits per heavy atom. The minimum atomic E-state index is -2.56. The van der Waals surface area contributed by atoms with Crippen molar-refractivity contribution >= 4 is 50.3 Å². The molecular weight excluding hydrogens is 528 g/mol. The van der Waals surface area contributed by atoms with E-state index in [9.17, 15) is 35.1 Å². The summed E-state index contributed by atoms with van der Waals surface area (Å²) in [5, 5.41) is 53.8. The van der Waals surface area contributed by atoms with Gasteiger partial charge < -0.3 is 45.3 Å². The average molecular weight is 552 g/mol. The van der Waals surface area contributed by atoms with Gasteiger partial charge in [0.2, 0.25) is 5.91 Å². The molecule has 11 nitrogen and oxygen atoms in total. The number of nitrogens with one attached hydrogen (secondary N) is 2. The van der Waals surface area contributed by atoms with Gasteiger partial charge in [-0.3, -0.25) is 4.79 Å². The summed E-state index contributed by atoms with van der Waals surface area (Å²) in [5.74, 6) is -6.08. The van der Waals surface area contributed by atoms with Crippen molar-refractivity contribution in [3.8, 4) is 5.75 Å². The molecule has 1 aliphatic heterocycles. The van der Waals surface area contributed by atoms with Crippen molar-refractivity contribution in [2.24, 2.45) is 5.92 Å². The number of aliphatic hydroxyl groups excluding tert-OH is 4. The van der Waals surface area contributed by atoms with Gasteiger partial charge in [-0.15, -0.1) is 0 Å². The quantitative estimate of drug-likeness (QED) is 0.255.